The fraction of sp³-hybridized carbons (Fsp3) is 0.517. The van der Waals surface area contributed by atoms with E-state index in [2.05, 4.69) is 27.1 Å². The molecule has 2 heterocycles. The van der Waals surface area contributed by atoms with E-state index in [0.717, 1.165) is 57.2 Å². The zero-order valence-corrected chi connectivity index (χ0v) is 21.4. The third-order valence-electron chi connectivity index (χ3n) is 8.22. The highest BCUT2D eigenvalue weighted by atomic mass is 19.4. The molecule has 1 aliphatic carbocycles. The summed E-state index contributed by atoms with van der Waals surface area (Å²) >= 11 is 0. The summed E-state index contributed by atoms with van der Waals surface area (Å²) in [5, 5.41) is 3.32. The average Bonchev–Trinajstić information content (AvgIpc) is 3.73. The van der Waals surface area contributed by atoms with Crippen molar-refractivity contribution in [3.63, 3.8) is 0 Å². The number of rotatable bonds is 7. The first-order chi connectivity index (χ1) is 18.2. The highest BCUT2D eigenvalue weighted by molar-refractivity contribution is 5.91. The van der Waals surface area contributed by atoms with Crippen molar-refractivity contribution in [3.05, 3.63) is 65.7 Å². The standard InChI is InChI=1S/C29H34F3N3O3/c30-29(31,32)38-25-8-6-21(7-9-25)20-26(36)35-18-12-24(13-19-35)34-16-10-23(11-17-34)33-27(37)28(14-15-28)22-4-2-1-3-5-22/h1-9,23-24H,10-20H2,(H,33,37). The minimum absolute atomic E-state index is 0.0122. The molecule has 0 unspecified atom stereocenters. The van der Waals surface area contributed by atoms with Crippen LogP contribution in [0.15, 0.2) is 54.6 Å². The van der Waals surface area contributed by atoms with Gasteiger partial charge < -0.3 is 19.9 Å². The molecule has 2 amide bonds. The summed E-state index contributed by atoms with van der Waals surface area (Å²) in [4.78, 5) is 30.2. The van der Waals surface area contributed by atoms with Crippen LogP contribution in [0.4, 0.5) is 13.2 Å². The molecule has 2 saturated heterocycles. The van der Waals surface area contributed by atoms with Crippen LogP contribution in [0.1, 0.15) is 49.7 Å². The second-order valence-corrected chi connectivity index (χ2v) is 10.7. The lowest BCUT2D eigenvalue weighted by Crippen LogP contribution is -2.52. The van der Waals surface area contributed by atoms with E-state index in [4.69, 9.17) is 0 Å². The fourth-order valence-corrected chi connectivity index (χ4v) is 5.84. The van der Waals surface area contributed by atoms with Gasteiger partial charge >= 0.3 is 6.36 Å². The number of nitrogens with zero attached hydrogens (tertiary/aromatic N) is 2. The number of piperidine rings is 2. The van der Waals surface area contributed by atoms with Crippen LogP contribution >= 0.6 is 0 Å². The number of halogens is 3. The Morgan fingerprint density at radius 3 is 2.11 bits per heavy atom. The first-order valence-electron chi connectivity index (χ1n) is 13.4. The van der Waals surface area contributed by atoms with Crippen LogP contribution in [0.5, 0.6) is 5.75 Å². The zero-order chi connectivity index (χ0) is 26.8. The van der Waals surface area contributed by atoms with E-state index >= 15 is 0 Å². The molecule has 9 heteroatoms. The number of hydrogen-bond donors (Lipinski definition) is 1. The predicted octanol–water partition coefficient (Wildman–Crippen LogP) is 4.43. The van der Waals surface area contributed by atoms with E-state index in [1.807, 2.05) is 23.1 Å². The smallest absolute Gasteiger partial charge is 0.406 e. The summed E-state index contributed by atoms with van der Waals surface area (Å²) in [6.07, 6.45) is 0.927. The maximum atomic E-state index is 13.1. The van der Waals surface area contributed by atoms with Gasteiger partial charge in [-0.1, -0.05) is 42.5 Å². The quantitative estimate of drug-likeness (QED) is 0.577. The Balaban J connectivity index is 1.03. The summed E-state index contributed by atoms with van der Waals surface area (Å²) in [7, 11) is 0. The van der Waals surface area contributed by atoms with Crippen LogP contribution in [0.25, 0.3) is 0 Å². The molecule has 1 N–H and O–H groups in total. The Bertz CT molecular complexity index is 1100. The van der Waals surface area contributed by atoms with Crippen molar-refractivity contribution in [2.45, 2.75) is 68.8 Å². The number of alkyl halides is 3. The molecule has 2 aliphatic heterocycles. The van der Waals surface area contributed by atoms with Gasteiger partial charge in [-0.15, -0.1) is 13.2 Å². The summed E-state index contributed by atoms with van der Waals surface area (Å²) < 4.78 is 40.9. The Morgan fingerprint density at radius 2 is 1.53 bits per heavy atom. The van der Waals surface area contributed by atoms with Gasteiger partial charge in [0, 0.05) is 38.3 Å². The van der Waals surface area contributed by atoms with Gasteiger partial charge in [0.25, 0.3) is 0 Å². The van der Waals surface area contributed by atoms with Gasteiger partial charge in [-0.2, -0.15) is 0 Å². The maximum absolute atomic E-state index is 13.1. The van der Waals surface area contributed by atoms with Gasteiger partial charge in [-0.05, 0) is 61.8 Å². The van der Waals surface area contributed by atoms with Crippen LogP contribution < -0.4 is 10.1 Å². The maximum Gasteiger partial charge on any atom is 0.573 e. The number of ether oxygens (including phenoxy) is 1. The number of benzene rings is 2. The van der Waals surface area contributed by atoms with Gasteiger partial charge in [0.2, 0.25) is 11.8 Å². The number of carbonyl (C=O) groups excluding carboxylic acids is 2. The van der Waals surface area contributed by atoms with Gasteiger partial charge in [0.1, 0.15) is 5.75 Å². The topological polar surface area (TPSA) is 61.9 Å². The van der Waals surface area contributed by atoms with E-state index in [9.17, 15) is 22.8 Å². The van der Waals surface area contributed by atoms with E-state index in [0.29, 0.717) is 24.7 Å². The van der Waals surface area contributed by atoms with E-state index in [-0.39, 0.29) is 35.4 Å². The monoisotopic (exact) mass is 529 g/mol. The molecular formula is C29H34F3N3O3. The lowest BCUT2D eigenvalue weighted by molar-refractivity contribution is -0.274. The van der Waals surface area contributed by atoms with Crippen LogP contribution in [0.3, 0.4) is 0 Å². The molecule has 204 valence electrons. The molecule has 5 rings (SSSR count). The van der Waals surface area contributed by atoms with Crippen molar-refractivity contribution in [1.82, 2.24) is 15.1 Å². The van der Waals surface area contributed by atoms with Crippen molar-refractivity contribution in [2.75, 3.05) is 26.2 Å². The molecular weight excluding hydrogens is 495 g/mol. The minimum Gasteiger partial charge on any atom is -0.406 e. The molecule has 3 aliphatic rings. The van der Waals surface area contributed by atoms with Crippen molar-refractivity contribution >= 4 is 11.8 Å². The first-order valence-corrected chi connectivity index (χ1v) is 13.4. The molecule has 0 atom stereocenters. The van der Waals surface area contributed by atoms with Crippen LogP contribution in [0.2, 0.25) is 0 Å². The third-order valence-corrected chi connectivity index (χ3v) is 8.22. The number of likely N-dealkylation sites (tertiary alicyclic amines) is 2. The summed E-state index contributed by atoms with van der Waals surface area (Å²) in [5.74, 6) is -0.139. The van der Waals surface area contributed by atoms with Crippen molar-refractivity contribution in [2.24, 2.45) is 0 Å². The number of amides is 2. The molecule has 6 nitrogen and oxygen atoms in total. The van der Waals surface area contributed by atoms with Crippen molar-refractivity contribution in [1.29, 1.82) is 0 Å². The molecule has 2 aromatic rings. The van der Waals surface area contributed by atoms with Gasteiger partial charge in [-0.25, -0.2) is 0 Å². The van der Waals surface area contributed by atoms with Crippen LogP contribution in [-0.2, 0) is 21.4 Å². The number of carbonyl (C=O) groups is 2. The fourth-order valence-electron chi connectivity index (χ4n) is 5.84. The van der Waals surface area contributed by atoms with Crippen LogP contribution in [0, 0.1) is 0 Å². The second-order valence-electron chi connectivity index (χ2n) is 10.7. The van der Waals surface area contributed by atoms with Crippen LogP contribution in [-0.4, -0.2) is 66.2 Å². The normalized spacial score (nSPS) is 20.7. The SMILES string of the molecule is O=C(Cc1ccc(OC(F)(F)F)cc1)N1CCC(N2CCC(NC(=O)C3(c4ccccc4)CC3)CC2)CC1. The second kappa shape index (κ2) is 11.0. The summed E-state index contributed by atoms with van der Waals surface area (Å²) in [6, 6.07) is 16.2. The Kier molecular flexibility index (Phi) is 7.66. The molecule has 2 aromatic carbocycles. The largest absolute Gasteiger partial charge is 0.573 e. The molecule has 0 radical (unpaired) electrons. The zero-order valence-electron chi connectivity index (χ0n) is 21.4. The van der Waals surface area contributed by atoms with Crippen molar-refractivity contribution < 1.29 is 27.5 Å². The van der Waals surface area contributed by atoms with E-state index in [1.54, 1.807) is 0 Å². The Labute approximate surface area is 221 Å². The molecule has 3 fully saturated rings. The van der Waals surface area contributed by atoms with Crippen molar-refractivity contribution in [3.8, 4) is 5.75 Å². The van der Waals surface area contributed by atoms with E-state index in [1.165, 1.54) is 24.3 Å². The number of nitrogens with one attached hydrogen (secondary N) is 1. The Hall–Kier alpha value is -3.07. The molecule has 0 bridgehead atoms. The van der Waals surface area contributed by atoms with E-state index < -0.39 is 6.36 Å². The first kappa shape index (κ1) is 26.5. The molecule has 0 spiro atoms. The van der Waals surface area contributed by atoms with Gasteiger partial charge in [0.05, 0.1) is 11.8 Å². The Morgan fingerprint density at radius 1 is 0.895 bits per heavy atom. The molecule has 1 saturated carbocycles. The minimum atomic E-state index is -4.73. The van der Waals surface area contributed by atoms with Gasteiger partial charge in [-0.3, -0.25) is 9.59 Å². The highest BCUT2D eigenvalue weighted by Crippen LogP contribution is 2.48. The number of hydrogen-bond acceptors (Lipinski definition) is 4. The predicted molar refractivity (Wildman–Crippen MR) is 137 cm³/mol. The third kappa shape index (κ3) is 6.31. The van der Waals surface area contributed by atoms with Gasteiger partial charge in [0.15, 0.2) is 0 Å². The summed E-state index contributed by atoms with van der Waals surface area (Å²) in [6.45, 7) is 3.23. The summed E-state index contributed by atoms with van der Waals surface area (Å²) in [5.41, 5.74) is 1.44. The lowest BCUT2D eigenvalue weighted by Gasteiger charge is -2.42. The molecule has 38 heavy (non-hydrogen) atoms. The highest BCUT2D eigenvalue weighted by Gasteiger charge is 2.51. The molecule has 0 aromatic heterocycles. The average molecular weight is 530 g/mol. The lowest BCUT2D eigenvalue weighted by atomic mass is 9.93.